The first-order chi connectivity index (χ1) is 7.77. The van der Waals surface area contributed by atoms with Crippen molar-refractivity contribution in [3.63, 3.8) is 0 Å². The number of alkyl halides is 1. The molecule has 0 saturated heterocycles. The fourth-order valence-electron chi connectivity index (χ4n) is 2.37. The van der Waals surface area contributed by atoms with Crippen LogP contribution < -0.4 is 5.32 Å². The number of aryl methyl sites for hydroxylation is 1. The van der Waals surface area contributed by atoms with Gasteiger partial charge in [-0.25, -0.2) is 0 Å². The van der Waals surface area contributed by atoms with E-state index in [1.807, 2.05) is 0 Å². The van der Waals surface area contributed by atoms with E-state index in [1.165, 1.54) is 30.4 Å². The van der Waals surface area contributed by atoms with Crippen LogP contribution in [0.3, 0.4) is 0 Å². The molecule has 1 aliphatic rings. The van der Waals surface area contributed by atoms with Crippen molar-refractivity contribution in [1.82, 2.24) is 5.32 Å². The molecule has 88 valence electrons. The summed E-state index contributed by atoms with van der Waals surface area (Å²) in [6, 6.07) is 9.03. The van der Waals surface area contributed by atoms with Crippen molar-refractivity contribution in [2.75, 3.05) is 0 Å². The van der Waals surface area contributed by atoms with Gasteiger partial charge in [0, 0.05) is 18.0 Å². The minimum absolute atomic E-state index is 0.317. The van der Waals surface area contributed by atoms with Gasteiger partial charge in [0.1, 0.15) is 0 Å². The van der Waals surface area contributed by atoms with Gasteiger partial charge in [-0.1, -0.05) is 37.1 Å². The van der Waals surface area contributed by atoms with E-state index in [0.29, 0.717) is 11.4 Å². The maximum atomic E-state index is 6.33. The number of halogens is 1. The van der Waals surface area contributed by atoms with E-state index in [9.17, 15) is 0 Å². The average molecular weight is 238 g/mol. The second kappa shape index (κ2) is 5.70. The van der Waals surface area contributed by atoms with Gasteiger partial charge in [0.15, 0.2) is 0 Å². The Hall–Kier alpha value is -0.530. The maximum absolute atomic E-state index is 6.33. The molecule has 0 spiro atoms. The van der Waals surface area contributed by atoms with Crippen molar-refractivity contribution in [3.05, 3.63) is 35.4 Å². The molecular formula is C14H20ClN. The molecule has 1 fully saturated rings. The van der Waals surface area contributed by atoms with Crippen LogP contribution in [-0.4, -0.2) is 11.4 Å². The number of hydrogen-bond acceptors (Lipinski definition) is 1. The average Bonchev–Trinajstić information content (AvgIpc) is 2.30. The van der Waals surface area contributed by atoms with E-state index in [2.05, 4.69) is 36.5 Å². The Balaban J connectivity index is 1.89. The molecule has 1 nitrogen and oxygen atoms in total. The van der Waals surface area contributed by atoms with Crippen molar-refractivity contribution in [2.24, 2.45) is 0 Å². The highest BCUT2D eigenvalue weighted by molar-refractivity contribution is 6.21. The van der Waals surface area contributed by atoms with Crippen LogP contribution in [0.1, 0.15) is 36.8 Å². The zero-order valence-corrected chi connectivity index (χ0v) is 10.6. The number of nitrogens with one attached hydrogen (secondary N) is 1. The minimum Gasteiger partial charge on any atom is -0.308 e. The van der Waals surface area contributed by atoms with Crippen LogP contribution in [0.2, 0.25) is 0 Å². The third-order valence-electron chi connectivity index (χ3n) is 3.50. The van der Waals surface area contributed by atoms with Gasteiger partial charge in [-0.05, 0) is 30.9 Å². The smallest absolute Gasteiger partial charge is 0.0489 e. The summed E-state index contributed by atoms with van der Waals surface area (Å²) in [5.74, 6) is 0. The van der Waals surface area contributed by atoms with Crippen molar-refractivity contribution < 1.29 is 0 Å². The predicted molar refractivity (Wildman–Crippen MR) is 69.9 cm³/mol. The van der Waals surface area contributed by atoms with Crippen LogP contribution in [0.4, 0.5) is 0 Å². The Morgan fingerprint density at radius 1 is 1.25 bits per heavy atom. The molecule has 1 N–H and O–H groups in total. The molecular weight excluding hydrogens is 218 g/mol. The summed E-state index contributed by atoms with van der Waals surface area (Å²) in [4.78, 5) is 0. The standard InChI is InChI=1S/C14H20ClN/c1-11-6-2-3-7-12(11)10-16-14-9-5-4-8-13(14)15/h2-3,6-7,13-14,16H,4-5,8-10H2,1H3. The lowest BCUT2D eigenvalue weighted by Crippen LogP contribution is -2.38. The highest BCUT2D eigenvalue weighted by Crippen LogP contribution is 2.23. The molecule has 1 aromatic carbocycles. The van der Waals surface area contributed by atoms with E-state index in [0.717, 1.165) is 13.0 Å². The lowest BCUT2D eigenvalue weighted by molar-refractivity contribution is 0.378. The van der Waals surface area contributed by atoms with Gasteiger partial charge in [-0.3, -0.25) is 0 Å². The first kappa shape index (κ1) is 11.9. The van der Waals surface area contributed by atoms with E-state index < -0.39 is 0 Å². The molecule has 2 heteroatoms. The molecule has 2 unspecified atom stereocenters. The molecule has 0 radical (unpaired) electrons. The van der Waals surface area contributed by atoms with Crippen LogP contribution >= 0.6 is 11.6 Å². The van der Waals surface area contributed by atoms with Crippen molar-refractivity contribution in [1.29, 1.82) is 0 Å². The largest absolute Gasteiger partial charge is 0.308 e. The molecule has 0 heterocycles. The topological polar surface area (TPSA) is 12.0 Å². The van der Waals surface area contributed by atoms with E-state index in [-0.39, 0.29) is 0 Å². The Morgan fingerprint density at radius 3 is 2.75 bits per heavy atom. The van der Waals surface area contributed by atoms with Crippen LogP contribution in [-0.2, 0) is 6.54 Å². The Labute approximate surface area is 103 Å². The van der Waals surface area contributed by atoms with Gasteiger partial charge in [0.2, 0.25) is 0 Å². The van der Waals surface area contributed by atoms with Crippen LogP contribution in [0, 0.1) is 6.92 Å². The van der Waals surface area contributed by atoms with Gasteiger partial charge in [0.05, 0.1) is 0 Å². The second-order valence-electron chi connectivity index (χ2n) is 4.71. The normalized spacial score (nSPS) is 25.6. The maximum Gasteiger partial charge on any atom is 0.0489 e. The molecule has 2 atom stereocenters. The van der Waals surface area contributed by atoms with Crippen molar-refractivity contribution in [2.45, 2.75) is 50.6 Å². The second-order valence-corrected chi connectivity index (χ2v) is 5.27. The summed E-state index contributed by atoms with van der Waals surface area (Å²) in [5.41, 5.74) is 2.74. The lowest BCUT2D eigenvalue weighted by Gasteiger charge is -2.28. The lowest BCUT2D eigenvalue weighted by atomic mass is 9.94. The third-order valence-corrected chi connectivity index (χ3v) is 4.02. The van der Waals surface area contributed by atoms with Gasteiger partial charge >= 0.3 is 0 Å². The van der Waals surface area contributed by atoms with Crippen LogP contribution in [0.5, 0.6) is 0 Å². The Kier molecular flexibility index (Phi) is 4.25. The molecule has 0 aliphatic heterocycles. The van der Waals surface area contributed by atoms with Crippen LogP contribution in [0.15, 0.2) is 24.3 Å². The first-order valence-corrected chi connectivity index (χ1v) is 6.63. The summed E-state index contributed by atoms with van der Waals surface area (Å²) in [6.07, 6.45) is 4.98. The Morgan fingerprint density at radius 2 is 2.00 bits per heavy atom. The summed E-state index contributed by atoms with van der Waals surface area (Å²) in [5, 5.41) is 3.91. The fourth-order valence-corrected chi connectivity index (χ4v) is 2.73. The summed E-state index contributed by atoms with van der Waals surface area (Å²) in [6.45, 7) is 3.11. The molecule has 0 amide bonds. The van der Waals surface area contributed by atoms with E-state index in [4.69, 9.17) is 11.6 Å². The zero-order valence-electron chi connectivity index (χ0n) is 9.88. The van der Waals surface area contributed by atoms with E-state index in [1.54, 1.807) is 0 Å². The van der Waals surface area contributed by atoms with Gasteiger partial charge in [-0.2, -0.15) is 0 Å². The number of benzene rings is 1. The quantitative estimate of drug-likeness (QED) is 0.792. The summed E-state index contributed by atoms with van der Waals surface area (Å²) in [7, 11) is 0. The monoisotopic (exact) mass is 237 g/mol. The highest BCUT2D eigenvalue weighted by atomic mass is 35.5. The SMILES string of the molecule is Cc1ccccc1CNC1CCCCC1Cl. The number of rotatable bonds is 3. The van der Waals surface area contributed by atoms with Crippen molar-refractivity contribution >= 4 is 11.6 Å². The highest BCUT2D eigenvalue weighted by Gasteiger charge is 2.22. The third kappa shape index (κ3) is 2.99. The van der Waals surface area contributed by atoms with Gasteiger partial charge in [-0.15, -0.1) is 11.6 Å². The summed E-state index contributed by atoms with van der Waals surface area (Å²) >= 11 is 6.33. The molecule has 16 heavy (non-hydrogen) atoms. The fraction of sp³-hybridized carbons (Fsp3) is 0.571. The molecule has 0 aromatic heterocycles. The van der Waals surface area contributed by atoms with E-state index >= 15 is 0 Å². The predicted octanol–water partition coefficient (Wildman–Crippen LogP) is 3.63. The van der Waals surface area contributed by atoms with Gasteiger partial charge in [0.25, 0.3) is 0 Å². The van der Waals surface area contributed by atoms with Crippen molar-refractivity contribution in [3.8, 4) is 0 Å². The molecule has 0 bridgehead atoms. The van der Waals surface area contributed by atoms with Gasteiger partial charge < -0.3 is 5.32 Å². The molecule has 1 saturated carbocycles. The molecule has 1 aromatic rings. The molecule has 1 aliphatic carbocycles. The summed E-state index contributed by atoms with van der Waals surface area (Å²) < 4.78 is 0. The number of hydrogen-bond donors (Lipinski definition) is 1. The first-order valence-electron chi connectivity index (χ1n) is 6.19. The minimum atomic E-state index is 0.317. The zero-order chi connectivity index (χ0) is 11.4. The molecule has 2 rings (SSSR count). The Bertz CT molecular complexity index is 337. The van der Waals surface area contributed by atoms with Crippen LogP contribution in [0.25, 0.3) is 0 Å².